The number of nitrogens with zero attached hydrogens (tertiary/aromatic N) is 1. The van der Waals surface area contributed by atoms with Gasteiger partial charge in [0.05, 0.1) is 24.9 Å². The Bertz CT molecular complexity index is 1760. The van der Waals surface area contributed by atoms with E-state index in [-0.39, 0.29) is 61.0 Å². The normalized spacial score (nSPS) is 25.8. The predicted molar refractivity (Wildman–Crippen MR) is 212 cm³/mol. The second-order valence-corrected chi connectivity index (χ2v) is 16.8. The van der Waals surface area contributed by atoms with Gasteiger partial charge in [-0.05, 0) is 92.7 Å². The number of carboxylic acids is 1. The Morgan fingerprint density at radius 2 is 1.56 bits per heavy atom. The number of piperidine rings is 1. The van der Waals surface area contributed by atoms with Crippen molar-refractivity contribution in [2.45, 2.75) is 135 Å². The van der Waals surface area contributed by atoms with E-state index in [1.54, 1.807) is 0 Å². The average Bonchev–Trinajstić information content (AvgIpc) is 3.17. The van der Waals surface area contributed by atoms with Crippen molar-refractivity contribution in [1.29, 1.82) is 0 Å². The number of aliphatic hydroxyl groups is 1. The van der Waals surface area contributed by atoms with Crippen LogP contribution >= 0.6 is 0 Å². The lowest BCUT2D eigenvalue weighted by Gasteiger charge is -2.51. The Balaban J connectivity index is 1.22. The van der Waals surface area contributed by atoms with Gasteiger partial charge < -0.3 is 30.3 Å². The number of hydrogen-bond donors (Lipinski definition) is 4. The van der Waals surface area contributed by atoms with Crippen molar-refractivity contribution in [1.82, 2.24) is 15.5 Å². The van der Waals surface area contributed by atoms with Crippen molar-refractivity contribution in [3.05, 3.63) is 95.1 Å². The first-order chi connectivity index (χ1) is 26.4. The maximum Gasteiger partial charge on any atom is 0.303 e. The van der Waals surface area contributed by atoms with Gasteiger partial charge in [-0.3, -0.25) is 19.3 Å². The molecule has 10 heteroatoms. The van der Waals surface area contributed by atoms with Crippen LogP contribution in [0.2, 0.25) is 0 Å². The fraction of sp³-hybridized carbons (Fsp3) is 0.533. The maximum absolute atomic E-state index is 13.9. The molecule has 2 aliphatic heterocycles. The minimum absolute atomic E-state index is 0.00815. The van der Waals surface area contributed by atoms with Crippen LogP contribution in [0.25, 0.3) is 11.1 Å². The standard InChI is InChI=1S/C45H59N3O7/c1-29-39(27-48-37-12-6-5-10-33(37)23-24-38(48)43(53)47-45(2,3)4)54-44(55-42(29)34-17-15-30(28-49)16-18-34)35-21-19-32(20-22-35)36-11-7-9-31(25-36)26-46-40(50)13-8-14-41(51)52/h7,9,11,15-22,25,29,33,37-39,42,44,49H,5-6,8,10,12-14,23-24,26-28H2,1-4H3,(H,46,50)(H,47,53)(H,51,52)/t29-,33-,37-,38-,39+,42+,44+/m1/s1. The molecule has 0 unspecified atom stereocenters. The molecule has 3 aromatic rings. The van der Waals surface area contributed by atoms with Crippen LogP contribution in [0.4, 0.5) is 0 Å². The van der Waals surface area contributed by atoms with Crippen molar-refractivity contribution >= 4 is 17.8 Å². The summed E-state index contributed by atoms with van der Waals surface area (Å²) in [6.07, 6.45) is 6.02. The number of carboxylic acid groups (broad SMARTS) is 1. The highest BCUT2D eigenvalue weighted by Gasteiger charge is 2.46. The largest absolute Gasteiger partial charge is 0.481 e. The number of hydrogen-bond acceptors (Lipinski definition) is 7. The van der Waals surface area contributed by atoms with E-state index in [0.717, 1.165) is 52.6 Å². The molecule has 55 heavy (non-hydrogen) atoms. The number of carbonyl (C=O) groups is 3. The highest BCUT2D eigenvalue weighted by molar-refractivity contribution is 5.82. The number of benzene rings is 3. The highest BCUT2D eigenvalue weighted by atomic mass is 16.7. The lowest BCUT2D eigenvalue weighted by Crippen LogP contribution is -2.61. The van der Waals surface area contributed by atoms with Crippen molar-refractivity contribution in [3.63, 3.8) is 0 Å². The third-order valence-corrected chi connectivity index (χ3v) is 11.5. The van der Waals surface area contributed by atoms with Crippen molar-refractivity contribution in [2.75, 3.05) is 6.54 Å². The molecule has 0 spiro atoms. The van der Waals surface area contributed by atoms with Gasteiger partial charge in [-0.25, -0.2) is 0 Å². The molecule has 2 amide bonds. The number of likely N-dealkylation sites (tertiary alicyclic amines) is 1. The van der Waals surface area contributed by atoms with Gasteiger partial charge in [0.25, 0.3) is 0 Å². The van der Waals surface area contributed by atoms with Gasteiger partial charge in [-0.15, -0.1) is 0 Å². The van der Waals surface area contributed by atoms with Gasteiger partial charge in [0, 0.05) is 49.0 Å². The molecule has 0 bridgehead atoms. The zero-order chi connectivity index (χ0) is 39.1. The molecular weight excluding hydrogens is 695 g/mol. The molecule has 296 valence electrons. The SMILES string of the molecule is C[C@@H]1[C@H](CN2[C@@H](C(=O)NC(C)(C)C)CC[C@H]3CCCC[C@H]32)O[C@H](c2ccc(-c3cccc(CNC(=O)CCCC(=O)O)c3)cc2)O[C@@H]1c1ccc(CO)cc1. The third-order valence-electron chi connectivity index (χ3n) is 11.5. The molecule has 0 aromatic heterocycles. The summed E-state index contributed by atoms with van der Waals surface area (Å²) in [7, 11) is 0. The van der Waals surface area contributed by atoms with E-state index in [0.29, 0.717) is 31.5 Å². The van der Waals surface area contributed by atoms with Gasteiger partial charge in [0.1, 0.15) is 0 Å². The first kappa shape index (κ1) is 40.6. The van der Waals surface area contributed by atoms with E-state index >= 15 is 0 Å². The Labute approximate surface area is 326 Å². The predicted octanol–water partition coefficient (Wildman–Crippen LogP) is 7.45. The van der Waals surface area contributed by atoms with Crippen molar-refractivity contribution < 1.29 is 34.1 Å². The molecule has 3 aliphatic rings. The number of ether oxygens (including phenoxy) is 2. The quantitative estimate of drug-likeness (QED) is 0.141. The Kier molecular flexibility index (Phi) is 13.5. The molecule has 7 atom stereocenters. The number of rotatable bonds is 13. The third kappa shape index (κ3) is 10.6. The molecule has 3 aromatic carbocycles. The van der Waals surface area contributed by atoms with E-state index in [2.05, 4.69) is 34.6 Å². The van der Waals surface area contributed by atoms with Crippen LogP contribution in [-0.4, -0.2) is 63.2 Å². The van der Waals surface area contributed by atoms with E-state index in [4.69, 9.17) is 14.6 Å². The molecule has 10 nitrogen and oxygen atoms in total. The fourth-order valence-corrected chi connectivity index (χ4v) is 8.65. The van der Waals surface area contributed by atoms with Crippen LogP contribution in [0.1, 0.15) is 120 Å². The average molecular weight is 754 g/mol. The summed E-state index contributed by atoms with van der Waals surface area (Å²) in [4.78, 5) is 39.4. The minimum atomic E-state index is -0.902. The number of nitrogens with one attached hydrogen (secondary N) is 2. The number of aliphatic carboxylic acids is 1. The summed E-state index contributed by atoms with van der Waals surface area (Å²) in [5.74, 6) is -0.387. The lowest BCUT2D eigenvalue weighted by molar-refractivity contribution is -0.278. The molecule has 1 aliphatic carbocycles. The number of carbonyl (C=O) groups excluding carboxylic acids is 2. The van der Waals surface area contributed by atoms with Crippen LogP contribution in [0.3, 0.4) is 0 Å². The molecule has 6 rings (SSSR count). The maximum atomic E-state index is 13.9. The zero-order valence-corrected chi connectivity index (χ0v) is 32.8. The summed E-state index contributed by atoms with van der Waals surface area (Å²) in [6, 6.07) is 24.3. The van der Waals surface area contributed by atoms with Crippen LogP contribution in [0.15, 0.2) is 72.8 Å². The van der Waals surface area contributed by atoms with Gasteiger partial charge in [0.2, 0.25) is 11.8 Å². The highest BCUT2D eigenvalue weighted by Crippen LogP contribution is 2.44. The van der Waals surface area contributed by atoms with E-state index in [1.165, 1.54) is 19.3 Å². The summed E-state index contributed by atoms with van der Waals surface area (Å²) in [5.41, 5.74) is 5.43. The van der Waals surface area contributed by atoms with Crippen LogP contribution in [-0.2, 0) is 37.0 Å². The second-order valence-electron chi connectivity index (χ2n) is 16.8. The summed E-state index contributed by atoms with van der Waals surface area (Å²) < 4.78 is 13.8. The molecule has 1 saturated carbocycles. The molecule has 2 saturated heterocycles. The van der Waals surface area contributed by atoms with E-state index < -0.39 is 12.3 Å². The fourth-order valence-electron chi connectivity index (χ4n) is 8.65. The van der Waals surface area contributed by atoms with Gasteiger partial charge in [-0.1, -0.05) is 86.5 Å². The van der Waals surface area contributed by atoms with Crippen molar-refractivity contribution in [3.8, 4) is 11.1 Å². The Hall–Kier alpha value is -4.09. The molecule has 0 radical (unpaired) electrons. The summed E-state index contributed by atoms with van der Waals surface area (Å²) in [5, 5.41) is 24.8. The monoisotopic (exact) mass is 753 g/mol. The lowest BCUT2D eigenvalue weighted by atomic mass is 9.75. The number of fused-ring (bicyclic) bond motifs is 1. The number of aliphatic hydroxyl groups excluding tert-OH is 1. The van der Waals surface area contributed by atoms with Crippen LogP contribution < -0.4 is 10.6 Å². The number of amides is 2. The zero-order valence-electron chi connectivity index (χ0n) is 32.8. The van der Waals surface area contributed by atoms with Crippen LogP contribution in [0.5, 0.6) is 0 Å². The molecule has 3 fully saturated rings. The topological polar surface area (TPSA) is 137 Å². The van der Waals surface area contributed by atoms with E-state index in [1.807, 2.05) is 81.4 Å². The van der Waals surface area contributed by atoms with E-state index in [9.17, 15) is 19.5 Å². The van der Waals surface area contributed by atoms with Crippen molar-refractivity contribution in [2.24, 2.45) is 11.8 Å². The second kappa shape index (κ2) is 18.2. The summed E-state index contributed by atoms with van der Waals surface area (Å²) in [6.45, 7) is 9.28. The van der Waals surface area contributed by atoms with Crippen LogP contribution in [0, 0.1) is 11.8 Å². The van der Waals surface area contributed by atoms with Gasteiger partial charge in [0.15, 0.2) is 6.29 Å². The first-order valence-corrected chi connectivity index (χ1v) is 20.1. The minimum Gasteiger partial charge on any atom is -0.481 e. The van der Waals surface area contributed by atoms with Gasteiger partial charge in [-0.2, -0.15) is 0 Å². The summed E-state index contributed by atoms with van der Waals surface area (Å²) >= 11 is 0. The first-order valence-electron chi connectivity index (χ1n) is 20.1. The smallest absolute Gasteiger partial charge is 0.303 e. The Morgan fingerprint density at radius 3 is 2.27 bits per heavy atom. The molecular formula is C45H59N3O7. The molecule has 2 heterocycles. The molecule has 4 N–H and O–H groups in total. The van der Waals surface area contributed by atoms with Gasteiger partial charge >= 0.3 is 5.97 Å². The Morgan fingerprint density at radius 1 is 0.836 bits per heavy atom.